The van der Waals surface area contributed by atoms with E-state index in [1.807, 2.05) is 35.2 Å². The molecule has 0 bridgehead atoms. The topological polar surface area (TPSA) is 75.9 Å². The molecule has 1 heterocycles. The van der Waals surface area contributed by atoms with Crippen LogP contribution < -0.4 is 5.73 Å². The van der Waals surface area contributed by atoms with E-state index in [1.165, 1.54) is 0 Å². The SMILES string of the molecule is CC(=O)N(CCC(=O)N1CCC(OCCCN)CC1)Cc1ccccc1.Cl. The molecule has 0 aromatic heterocycles. The van der Waals surface area contributed by atoms with Crippen molar-refractivity contribution in [3.8, 4) is 0 Å². The molecule has 6 nitrogen and oxygen atoms in total. The number of hydrogen-bond acceptors (Lipinski definition) is 4. The summed E-state index contributed by atoms with van der Waals surface area (Å²) in [6.07, 6.45) is 3.22. The average molecular weight is 398 g/mol. The lowest BCUT2D eigenvalue weighted by Crippen LogP contribution is -2.42. The second kappa shape index (κ2) is 12.7. The van der Waals surface area contributed by atoms with Crippen molar-refractivity contribution in [2.45, 2.75) is 45.3 Å². The molecule has 2 N–H and O–H groups in total. The zero-order chi connectivity index (χ0) is 18.8. The number of carbonyl (C=O) groups excluding carboxylic acids is 2. The van der Waals surface area contributed by atoms with Crippen LogP contribution in [-0.4, -0.2) is 60.5 Å². The van der Waals surface area contributed by atoms with E-state index in [4.69, 9.17) is 10.5 Å². The smallest absolute Gasteiger partial charge is 0.224 e. The first-order valence-electron chi connectivity index (χ1n) is 9.49. The average Bonchev–Trinajstić information content (AvgIpc) is 2.66. The van der Waals surface area contributed by atoms with Crippen LogP contribution in [0.4, 0.5) is 0 Å². The van der Waals surface area contributed by atoms with Gasteiger partial charge in [-0.1, -0.05) is 30.3 Å². The van der Waals surface area contributed by atoms with Crippen molar-refractivity contribution in [1.29, 1.82) is 0 Å². The lowest BCUT2D eigenvalue weighted by atomic mass is 10.1. The third-order valence-electron chi connectivity index (χ3n) is 4.75. The van der Waals surface area contributed by atoms with Crippen molar-refractivity contribution < 1.29 is 14.3 Å². The van der Waals surface area contributed by atoms with E-state index in [0.29, 0.717) is 32.7 Å². The minimum atomic E-state index is -0.00587. The van der Waals surface area contributed by atoms with Crippen molar-refractivity contribution in [3.63, 3.8) is 0 Å². The van der Waals surface area contributed by atoms with Gasteiger partial charge in [0, 0.05) is 46.1 Å². The molecule has 0 atom stereocenters. The zero-order valence-electron chi connectivity index (χ0n) is 16.1. The molecule has 0 aliphatic carbocycles. The van der Waals surface area contributed by atoms with Gasteiger partial charge in [-0.15, -0.1) is 12.4 Å². The number of carbonyl (C=O) groups is 2. The Morgan fingerprint density at radius 1 is 1.22 bits per heavy atom. The predicted molar refractivity (Wildman–Crippen MR) is 109 cm³/mol. The quantitative estimate of drug-likeness (QED) is 0.648. The Labute approximate surface area is 168 Å². The molecule has 2 amide bonds. The molecule has 1 fully saturated rings. The highest BCUT2D eigenvalue weighted by atomic mass is 35.5. The monoisotopic (exact) mass is 397 g/mol. The van der Waals surface area contributed by atoms with Crippen molar-refractivity contribution in [2.24, 2.45) is 5.73 Å². The molecule has 0 unspecified atom stereocenters. The number of rotatable bonds is 9. The van der Waals surface area contributed by atoms with E-state index >= 15 is 0 Å². The van der Waals surface area contributed by atoms with Gasteiger partial charge in [0.05, 0.1) is 6.10 Å². The van der Waals surface area contributed by atoms with Crippen LogP contribution >= 0.6 is 12.4 Å². The third kappa shape index (κ3) is 8.28. The van der Waals surface area contributed by atoms with E-state index in [-0.39, 0.29) is 30.3 Å². The molecular weight excluding hydrogens is 366 g/mol. The molecule has 2 rings (SSSR count). The maximum absolute atomic E-state index is 12.5. The molecule has 1 aliphatic heterocycles. The highest BCUT2D eigenvalue weighted by Gasteiger charge is 2.23. The first-order valence-corrected chi connectivity index (χ1v) is 9.49. The van der Waals surface area contributed by atoms with Gasteiger partial charge in [-0.3, -0.25) is 9.59 Å². The fourth-order valence-electron chi connectivity index (χ4n) is 3.15. The Bertz CT molecular complexity index is 563. The predicted octanol–water partition coefficient (Wildman–Crippen LogP) is 2.20. The molecule has 27 heavy (non-hydrogen) atoms. The van der Waals surface area contributed by atoms with Gasteiger partial charge in [-0.25, -0.2) is 0 Å². The second-order valence-corrected chi connectivity index (χ2v) is 6.77. The summed E-state index contributed by atoms with van der Waals surface area (Å²) in [6, 6.07) is 9.85. The Morgan fingerprint density at radius 3 is 2.48 bits per heavy atom. The standard InChI is InChI=1S/C20H31N3O3.ClH/c1-17(24)23(16-18-6-3-2-4-7-18)14-10-20(25)22-12-8-19(9-13-22)26-15-5-11-21;/h2-4,6-7,19H,5,8-16,21H2,1H3;1H. The van der Waals surface area contributed by atoms with Crippen LogP contribution in [0.5, 0.6) is 0 Å². The van der Waals surface area contributed by atoms with E-state index in [0.717, 1.165) is 37.9 Å². The first kappa shape index (κ1) is 23.4. The van der Waals surface area contributed by atoms with Crippen molar-refractivity contribution >= 4 is 24.2 Å². The molecule has 152 valence electrons. The number of benzene rings is 1. The molecule has 1 aromatic rings. The highest BCUT2D eigenvalue weighted by Crippen LogP contribution is 2.15. The number of amides is 2. The van der Waals surface area contributed by atoms with Gasteiger partial charge in [0.15, 0.2) is 0 Å². The van der Waals surface area contributed by atoms with Crippen molar-refractivity contribution in [1.82, 2.24) is 9.80 Å². The Morgan fingerprint density at radius 2 is 1.89 bits per heavy atom. The summed E-state index contributed by atoms with van der Waals surface area (Å²) in [7, 11) is 0. The molecule has 0 saturated carbocycles. The maximum atomic E-state index is 12.5. The highest BCUT2D eigenvalue weighted by molar-refractivity contribution is 5.85. The van der Waals surface area contributed by atoms with Gasteiger partial charge in [-0.05, 0) is 31.4 Å². The summed E-state index contributed by atoms with van der Waals surface area (Å²) in [5.74, 6) is 0.110. The van der Waals surface area contributed by atoms with Gasteiger partial charge in [0.2, 0.25) is 11.8 Å². The minimum Gasteiger partial charge on any atom is -0.378 e. The molecular formula is C20H32ClN3O3. The fourth-order valence-corrected chi connectivity index (χ4v) is 3.15. The number of nitrogens with two attached hydrogens (primary N) is 1. The number of halogens is 1. The first-order chi connectivity index (χ1) is 12.6. The maximum Gasteiger partial charge on any atom is 0.224 e. The number of nitrogens with zero attached hydrogens (tertiary/aromatic N) is 2. The van der Waals surface area contributed by atoms with Crippen LogP contribution in [0, 0.1) is 0 Å². The lowest BCUT2D eigenvalue weighted by Gasteiger charge is -2.32. The number of ether oxygens (including phenoxy) is 1. The molecule has 7 heteroatoms. The van der Waals surface area contributed by atoms with Crippen molar-refractivity contribution in [3.05, 3.63) is 35.9 Å². The molecule has 0 spiro atoms. The number of likely N-dealkylation sites (tertiary alicyclic amines) is 1. The van der Waals surface area contributed by atoms with Gasteiger partial charge < -0.3 is 20.3 Å². The third-order valence-corrected chi connectivity index (χ3v) is 4.75. The zero-order valence-corrected chi connectivity index (χ0v) is 17.0. The number of piperidine rings is 1. The molecule has 0 radical (unpaired) electrons. The van der Waals surface area contributed by atoms with Crippen LogP contribution in [0.15, 0.2) is 30.3 Å². The van der Waals surface area contributed by atoms with Crippen LogP contribution in [0.3, 0.4) is 0 Å². The largest absolute Gasteiger partial charge is 0.378 e. The summed E-state index contributed by atoms with van der Waals surface area (Å²) in [5, 5.41) is 0. The summed E-state index contributed by atoms with van der Waals surface area (Å²) in [6.45, 7) is 5.35. The Hall–Kier alpha value is -1.63. The van der Waals surface area contributed by atoms with E-state index in [1.54, 1.807) is 11.8 Å². The lowest BCUT2D eigenvalue weighted by molar-refractivity contribution is -0.135. The van der Waals surface area contributed by atoms with Crippen LogP contribution in [0.25, 0.3) is 0 Å². The van der Waals surface area contributed by atoms with E-state index in [9.17, 15) is 9.59 Å². The fraction of sp³-hybridized carbons (Fsp3) is 0.600. The van der Waals surface area contributed by atoms with Crippen molar-refractivity contribution in [2.75, 3.05) is 32.8 Å². The molecule has 1 saturated heterocycles. The van der Waals surface area contributed by atoms with Crippen LogP contribution in [0.2, 0.25) is 0 Å². The van der Waals surface area contributed by atoms with E-state index in [2.05, 4.69) is 0 Å². The molecule has 1 aliphatic rings. The van der Waals surface area contributed by atoms with Gasteiger partial charge in [0.1, 0.15) is 0 Å². The summed E-state index contributed by atoms with van der Waals surface area (Å²) in [5.41, 5.74) is 6.55. The van der Waals surface area contributed by atoms with E-state index < -0.39 is 0 Å². The Kier molecular flexibility index (Phi) is 11.0. The van der Waals surface area contributed by atoms with Crippen LogP contribution in [0.1, 0.15) is 38.2 Å². The second-order valence-electron chi connectivity index (χ2n) is 6.77. The van der Waals surface area contributed by atoms with Gasteiger partial charge >= 0.3 is 0 Å². The number of hydrogen-bond donors (Lipinski definition) is 1. The minimum absolute atomic E-state index is 0. The summed E-state index contributed by atoms with van der Waals surface area (Å²) >= 11 is 0. The normalized spacial score (nSPS) is 14.5. The Balaban J connectivity index is 0.00000364. The summed E-state index contributed by atoms with van der Waals surface area (Å²) < 4.78 is 5.78. The van der Waals surface area contributed by atoms with Crippen LogP contribution in [-0.2, 0) is 20.9 Å². The van der Waals surface area contributed by atoms with Gasteiger partial charge in [-0.2, -0.15) is 0 Å². The summed E-state index contributed by atoms with van der Waals surface area (Å²) in [4.78, 5) is 28.0. The van der Waals surface area contributed by atoms with Gasteiger partial charge in [0.25, 0.3) is 0 Å². The molecule has 1 aromatic carbocycles.